The van der Waals surface area contributed by atoms with E-state index >= 15 is 0 Å². The van der Waals surface area contributed by atoms with Crippen molar-refractivity contribution in [3.05, 3.63) is 64.8 Å². The van der Waals surface area contributed by atoms with Gasteiger partial charge in [-0.1, -0.05) is 29.8 Å². The van der Waals surface area contributed by atoms with Gasteiger partial charge in [-0.2, -0.15) is 0 Å². The first-order valence-electron chi connectivity index (χ1n) is 7.95. The monoisotopic (exact) mass is 417 g/mol. The highest BCUT2D eigenvalue weighted by Crippen LogP contribution is 2.30. The maximum atomic E-state index is 13.3. The van der Waals surface area contributed by atoms with E-state index in [1.165, 1.54) is 12.1 Å². The summed E-state index contributed by atoms with van der Waals surface area (Å²) < 4.78 is 19.1. The lowest BCUT2D eigenvalue weighted by Crippen LogP contribution is -2.45. The summed E-state index contributed by atoms with van der Waals surface area (Å²) in [7, 11) is 0. The summed E-state index contributed by atoms with van der Waals surface area (Å²) in [5.74, 6) is 0.285. The van der Waals surface area contributed by atoms with Crippen molar-refractivity contribution in [2.24, 2.45) is 0 Å². The van der Waals surface area contributed by atoms with Crippen molar-refractivity contribution in [3.63, 3.8) is 0 Å². The van der Waals surface area contributed by atoms with Crippen molar-refractivity contribution in [1.82, 2.24) is 15.2 Å². The van der Waals surface area contributed by atoms with E-state index in [0.29, 0.717) is 23.5 Å². The summed E-state index contributed by atoms with van der Waals surface area (Å²) in [4.78, 5) is 6.71. The second kappa shape index (κ2) is 9.02. The summed E-state index contributed by atoms with van der Waals surface area (Å²) in [5, 5.41) is 4.17. The smallest absolute Gasteiger partial charge is 0.209 e. The van der Waals surface area contributed by atoms with Crippen LogP contribution in [0.1, 0.15) is 17.5 Å². The quantitative estimate of drug-likeness (QED) is 0.674. The van der Waals surface area contributed by atoms with E-state index in [1.54, 1.807) is 6.07 Å². The molecule has 0 spiro atoms. The van der Waals surface area contributed by atoms with Gasteiger partial charge in [-0.3, -0.25) is 4.90 Å². The number of piperazine rings is 1. The van der Waals surface area contributed by atoms with Gasteiger partial charge >= 0.3 is 0 Å². The van der Waals surface area contributed by atoms with Crippen LogP contribution in [0.15, 0.2) is 46.9 Å². The minimum absolute atomic E-state index is 0. The number of fused-ring (bicyclic) bond motifs is 1. The fourth-order valence-electron chi connectivity index (χ4n) is 3.18. The number of nitrogens with zero attached hydrogens (tertiary/aromatic N) is 2. The molecule has 1 fully saturated rings. The van der Waals surface area contributed by atoms with Crippen LogP contribution in [0.3, 0.4) is 0 Å². The summed E-state index contributed by atoms with van der Waals surface area (Å²) in [5.41, 5.74) is 2.25. The third-order valence-electron chi connectivity index (χ3n) is 4.35. The summed E-state index contributed by atoms with van der Waals surface area (Å²) in [6.45, 7) is 3.14. The van der Waals surface area contributed by atoms with Crippen LogP contribution in [0.5, 0.6) is 0 Å². The molecule has 0 saturated carbocycles. The lowest BCUT2D eigenvalue weighted by atomic mass is 10.0. The molecule has 8 heteroatoms. The Morgan fingerprint density at radius 1 is 1.23 bits per heavy atom. The van der Waals surface area contributed by atoms with Gasteiger partial charge in [0.25, 0.3) is 0 Å². The summed E-state index contributed by atoms with van der Waals surface area (Å²) >= 11 is 6.37. The molecule has 0 bridgehead atoms. The molecule has 140 valence electrons. The van der Waals surface area contributed by atoms with Crippen molar-refractivity contribution in [2.45, 2.75) is 12.6 Å². The molecule has 4 rings (SSSR count). The van der Waals surface area contributed by atoms with Crippen molar-refractivity contribution in [3.8, 4) is 0 Å². The van der Waals surface area contributed by atoms with E-state index in [4.69, 9.17) is 16.0 Å². The number of rotatable bonds is 3. The average Bonchev–Trinajstić information content (AvgIpc) is 2.97. The van der Waals surface area contributed by atoms with Crippen LogP contribution < -0.4 is 5.32 Å². The number of hydrogen-bond acceptors (Lipinski definition) is 4. The molecule has 1 aliphatic rings. The Kier molecular flexibility index (Phi) is 7.26. The Labute approximate surface area is 168 Å². The molecule has 4 nitrogen and oxygen atoms in total. The number of aromatic nitrogens is 1. The first kappa shape index (κ1) is 20.9. The molecule has 0 amide bonds. The number of hydrogen-bond donors (Lipinski definition) is 1. The topological polar surface area (TPSA) is 41.3 Å². The Morgan fingerprint density at radius 2 is 2.04 bits per heavy atom. The molecule has 3 aromatic rings. The van der Waals surface area contributed by atoms with Gasteiger partial charge in [-0.15, -0.1) is 24.8 Å². The Bertz CT molecular complexity index is 874. The summed E-state index contributed by atoms with van der Waals surface area (Å²) in [6, 6.07) is 12.4. The molecule has 2 aromatic carbocycles. The van der Waals surface area contributed by atoms with Crippen molar-refractivity contribution < 1.29 is 8.81 Å². The standard InChI is InChI=1S/C18H17ClFN3O.2ClH/c19-14-4-2-1-3-13(14)16-10-21-7-8-23(16)11-18-22-15-9-12(20)5-6-17(15)24-18;;/h1-6,9,16,21H,7-8,10-11H2;2*1H. The van der Waals surface area contributed by atoms with Crippen LogP contribution in [0, 0.1) is 5.82 Å². The molecule has 0 aliphatic carbocycles. The molecular formula is C18H19Cl3FN3O. The molecule has 1 aliphatic heterocycles. The van der Waals surface area contributed by atoms with Crippen LogP contribution in [0.2, 0.25) is 5.02 Å². The fourth-order valence-corrected chi connectivity index (χ4v) is 3.44. The van der Waals surface area contributed by atoms with E-state index in [9.17, 15) is 4.39 Å². The average molecular weight is 419 g/mol. The largest absolute Gasteiger partial charge is 0.439 e. The maximum absolute atomic E-state index is 13.3. The molecule has 1 unspecified atom stereocenters. The van der Waals surface area contributed by atoms with Crippen LogP contribution >= 0.6 is 36.4 Å². The lowest BCUT2D eigenvalue weighted by Gasteiger charge is -2.36. The SMILES string of the molecule is Cl.Cl.Fc1ccc2oc(CN3CCNCC3c3ccccc3Cl)nc2c1. The van der Waals surface area contributed by atoms with Gasteiger partial charge in [0, 0.05) is 36.8 Å². The van der Waals surface area contributed by atoms with Crippen molar-refractivity contribution >= 4 is 47.5 Å². The zero-order valence-corrected chi connectivity index (χ0v) is 16.2. The van der Waals surface area contributed by atoms with Gasteiger partial charge in [0.1, 0.15) is 11.3 Å². The van der Waals surface area contributed by atoms with E-state index in [1.807, 2.05) is 18.2 Å². The van der Waals surface area contributed by atoms with Crippen LogP contribution in [0.25, 0.3) is 11.1 Å². The molecule has 1 atom stereocenters. The third-order valence-corrected chi connectivity index (χ3v) is 4.69. The van der Waals surface area contributed by atoms with Gasteiger partial charge in [-0.05, 0) is 23.8 Å². The normalized spacial score (nSPS) is 17.5. The molecule has 0 radical (unpaired) electrons. The molecule has 2 heterocycles. The highest BCUT2D eigenvalue weighted by Gasteiger charge is 2.26. The van der Waals surface area contributed by atoms with Gasteiger partial charge in [0.05, 0.1) is 6.54 Å². The minimum atomic E-state index is -0.307. The van der Waals surface area contributed by atoms with E-state index in [-0.39, 0.29) is 36.7 Å². The number of oxazole rings is 1. The molecule has 1 aromatic heterocycles. The second-order valence-electron chi connectivity index (χ2n) is 5.93. The molecule has 1 saturated heterocycles. The zero-order chi connectivity index (χ0) is 16.5. The second-order valence-corrected chi connectivity index (χ2v) is 6.34. The highest BCUT2D eigenvalue weighted by molar-refractivity contribution is 6.31. The Morgan fingerprint density at radius 3 is 2.85 bits per heavy atom. The third kappa shape index (κ3) is 4.30. The number of halogens is 4. The van der Waals surface area contributed by atoms with Crippen molar-refractivity contribution in [1.29, 1.82) is 0 Å². The predicted molar refractivity (Wildman–Crippen MR) is 106 cm³/mol. The van der Waals surface area contributed by atoms with Crippen LogP contribution in [0.4, 0.5) is 4.39 Å². The van der Waals surface area contributed by atoms with E-state index in [2.05, 4.69) is 21.3 Å². The van der Waals surface area contributed by atoms with Crippen LogP contribution in [-0.4, -0.2) is 29.5 Å². The number of nitrogens with one attached hydrogen (secondary N) is 1. The van der Waals surface area contributed by atoms with Gasteiger partial charge in [-0.25, -0.2) is 9.37 Å². The highest BCUT2D eigenvalue weighted by atomic mass is 35.5. The Hall–Kier alpha value is -1.37. The fraction of sp³-hybridized carbons (Fsp3) is 0.278. The van der Waals surface area contributed by atoms with Gasteiger partial charge in [0.2, 0.25) is 5.89 Å². The zero-order valence-electron chi connectivity index (χ0n) is 13.8. The van der Waals surface area contributed by atoms with E-state index in [0.717, 1.165) is 30.2 Å². The van der Waals surface area contributed by atoms with Crippen LogP contribution in [-0.2, 0) is 6.54 Å². The van der Waals surface area contributed by atoms with Crippen molar-refractivity contribution in [2.75, 3.05) is 19.6 Å². The predicted octanol–water partition coefficient (Wildman–Crippen LogP) is 4.61. The van der Waals surface area contributed by atoms with E-state index < -0.39 is 0 Å². The lowest BCUT2D eigenvalue weighted by molar-refractivity contribution is 0.141. The summed E-state index contributed by atoms with van der Waals surface area (Å²) in [6.07, 6.45) is 0. The number of benzene rings is 2. The van der Waals surface area contributed by atoms with Gasteiger partial charge in [0.15, 0.2) is 5.58 Å². The maximum Gasteiger partial charge on any atom is 0.209 e. The first-order valence-corrected chi connectivity index (χ1v) is 8.33. The van der Waals surface area contributed by atoms with Gasteiger partial charge < -0.3 is 9.73 Å². The Balaban J connectivity index is 0.00000121. The molecule has 26 heavy (non-hydrogen) atoms. The molecular weight excluding hydrogens is 400 g/mol. The first-order chi connectivity index (χ1) is 11.7. The minimum Gasteiger partial charge on any atom is -0.439 e. The molecule has 1 N–H and O–H groups in total.